The summed E-state index contributed by atoms with van der Waals surface area (Å²) in [6.45, 7) is 2.59. The van der Waals surface area contributed by atoms with E-state index in [9.17, 15) is 4.79 Å². The average molecular weight is 285 g/mol. The van der Waals surface area contributed by atoms with Gasteiger partial charge in [-0.05, 0) is 30.3 Å². The van der Waals surface area contributed by atoms with E-state index in [1.165, 1.54) is 12.3 Å². The van der Waals surface area contributed by atoms with Crippen molar-refractivity contribution in [3.63, 3.8) is 0 Å². The molecule has 0 unspecified atom stereocenters. The van der Waals surface area contributed by atoms with Crippen molar-refractivity contribution >= 4 is 29.3 Å². The van der Waals surface area contributed by atoms with E-state index >= 15 is 0 Å². The minimum atomic E-state index is -0.237. The summed E-state index contributed by atoms with van der Waals surface area (Å²) in [6.07, 6.45) is 1.41. The number of nitrogens with one attached hydrogen (secondary N) is 2. The van der Waals surface area contributed by atoms with Crippen LogP contribution in [0.25, 0.3) is 0 Å². The van der Waals surface area contributed by atoms with E-state index in [1.807, 2.05) is 6.92 Å². The van der Waals surface area contributed by atoms with Crippen LogP contribution >= 0.6 is 23.4 Å². The number of halogens is 1. The second-order valence-electron chi connectivity index (χ2n) is 3.08. The molecule has 0 spiro atoms. The zero-order chi connectivity index (χ0) is 13.0. The smallest absolute Gasteiger partial charge is 0.251 e. The highest BCUT2D eigenvalue weighted by Gasteiger charge is 2.07. The molecule has 2 heterocycles. The van der Waals surface area contributed by atoms with Crippen molar-refractivity contribution in [1.29, 1.82) is 0 Å². The Bertz CT molecular complexity index is 604. The van der Waals surface area contributed by atoms with Gasteiger partial charge < -0.3 is 10.3 Å². The summed E-state index contributed by atoms with van der Waals surface area (Å²) in [5, 5.41) is 3.78. The van der Waals surface area contributed by atoms with E-state index in [-0.39, 0.29) is 10.8 Å². The zero-order valence-electron chi connectivity index (χ0n) is 9.35. The Labute approximate surface area is 111 Å². The number of nitrogens with zero attached hydrogens (tertiary/aromatic N) is 4. The van der Waals surface area contributed by atoms with Gasteiger partial charge in [0.15, 0.2) is 5.16 Å². The minimum absolute atomic E-state index is 0.0849. The molecule has 0 saturated heterocycles. The molecule has 18 heavy (non-hydrogen) atoms. The van der Waals surface area contributed by atoms with Gasteiger partial charge in [0.25, 0.3) is 5.56 Å². The molecule has 0 atom stereocenters. The Balaban J connectivity index is 2.25. The van der Waals surface area contributed by atoms with Crippen LogP contribution in [-0.4, -0.2) is 31.5 Å². The summed E-state index contributed by atoms with van der Waals surface area (Å²) >= 11 is 6.88. The van der Waals surface area contributed by atoms with Crippen molar-refractivity contribution in [3.8, 4) is 0 Å². The van der Waals surface area contributed by atoms with Gasteiger partial charge in [-0.15, -0.1) is 0 Å². The lowest BCUT2D eigenvalue weighted by Crippen LogP contribution is -2.07. The van der Waals surface area contributed by atoms with Crippen LogP contribution in [0.2, 0.25) is 5.28 Å². The summed E-state index contributed by atoms with van der Waals surface area (Å²) in [5.41, 5.74) is -0.237. The molecule has 0 aliphatic carbocycles. The molecule has 2 N–H and O–H groups in total. The Hall–Kier alpha value is -1.67. The van der Waals surface area contributed by atoms with Gasteiger partial charge in [0.05, 0.1) is 0 Å². The molecular weight excluding hydrogens is 276 g/mol. The Morgan fingerprint density at radius 1 is 1.44 bits per heavy atom. The van der Waals surface area contributed by atoms with Crippen molar-refractivity contribution in [2.24, 2.45) is 0 Å². The van der Waals surface area contributed by atoms with Crippen molar-refractivity contribution in [1.82, 2.24) is 24.9 Å². The Morgan fingerprint density at radius 3 is 3.00 bits per heavy atom. The van der Waals surface area contributed by atoms with Crippen LogP contribution in [0.1, 0.15) is 6.92 Å². The molecule has 0 amide bonds. The molecule has 0 bridgehead atoms. The predicted molar refractivity (Wildman–Crippen MR) is 68.0 cm³/mol. The molecule has 0 aliphatic rings. The van der Waals surface area contributed by atoms with E-state index < -0.39 is 0 Å². The van der Waals surface area contributed by atoms with Crippen LogP contribution in [0, 0.1) is 0 Å². The lowest BCUT2D eigenvalue weighted by molar-refractivity contribution is 0.879. The largest absolute Gasteiger partial charge is 0.354 e. The maximum absolute atomic E-state index is 11.1. The molecule has 7 nitrogen and oxygen atoms in total. The first-order chi connectivity index (χ1) is 8.67. The third-order valence-corrected chi connectivity index (χ3v) is 2.69. The fourth-order valence-electron chi connectivity index (χ4n) is 1.11. The van der Waals surface area contributed by atoms with Gasteiger partial charge in [0.2, 0.25) is 16.4 Å². The fourth-order valence-corrected chi connectivity index (χ4v) is 2.02. The van der Waals surface area contributed by atoms with Crippen LogP contribution < -0.4 is 10.9 Å². The normalized spacial score (nSPS) is 10.3. The maximum Gasteiger partial charge on any atom is 0.251 e. The van der Waals surface area contributed by atoms with Crippen molar-refractivity contribution < 1.29 is 0 Å². The minimum Gasteiger partial charge on any atom is -0.354 e. The molecular formula is C9H9ClN6OS. The van der Waals surface area contributed by atoms with E-state index in [0.717, 1.165) is 11.8 Å². The lowest BCUT2D eigenvalue weighted by atomic mass is 10.7. The first-order valence-electron chi connectivity index (χ1n) is 5.06. The second kappa shape index (κ2) is 5.78. The number of rotatable bonds is 4. The molecule has 0 saturated carbocycles. The number of aromatic nitrogens is 5. The molecule has 2 rings (SSSR count). The van der Waals surface area contributed by atoms with Gasteiger partial charge >= 0.3 is 0 Å². The molecule has 0 aliphatic heterocycles. The van der Waals surface area contributed by atoms with Gasteiger partial charge in [0.1, 0.15) is 0 Å². The number of aromatic amines is 1. The summed E-state index contributed by atoms with van der Waals surface area (Å²) < 4.78 is 0. The van der Waals surface area contributed by atoms with Gasteiger partial charge in [-0.2, -0.15) is 15.0 Å². The highest BCUT2D eigenvalue weighted by molar-refractivity contribution is 7.99. The van der Waals surface area contributed by atoms with E-state index in [2.05, 4.69) is 30.2 Å². The van der Waals surface area contributed by atoms with E-state index in [4.69, 9.17) is 11.6 Å². The maximum atomic E-state index is 11.1. The highest BCUT2D eigenvalue weighted by atomic mass is 35.5. The van der Waals surface area contributed by atoms with Crippen molar-refractivity contribution in [3.05, 3.63) is 27.9 Å². The van der Waals surface area contributed by atoms with Crippen molar-refractivity contribution in [2.45, 2.75) is 17.2 Å². The first-order valence-corrected chi connectivity index (χ1v) is 6.25. The first kappa shape index (κ1) is 12.8. The number of hydrogen-bond acceptors (Lipinski definition) is 7. The Kier molecular flexibility index (Phi) is 4.11. The lowest BCUT2D eigenvalue weighted by Gasteiger charge is -2.03. The van der Waals surface area contributed by atoms with Crippen LogP contribution in [0.5, 0.6) is 0 Å². The van der Waals surface area contributed by atoms with Crippen molar-refractivity contribution in [2.75, 3.05) is 11.9 Å². The fraction of sp³-hybridized carbons (Fsp3) is 0.222. The molecule has 9 heteroatoms. The molecule has 2 aromatic heterocycles. The van der Waals surface area contributed by atoms with Gasteiger partial charge in [0, 0.05) is 18.8 Å². The molecule has 0 fully saturated rings. The monoisotopic (exact) mass is 284 g/mol. The van der Waals surface area contributed by atoms with Gasteiger partial charge in [-0.1, -0.05) is 0 Å². The Morgan fingerprint density at radius 2 is 2.28 bits per heavy atom. The van der Waals surface area contributed by atoms with Crippen LogP contribution in [0.15, 0.2) is 27.4 Å². The SMILES string of the molecule is CCNc1nc(Cl)nc(Sc2nccc(=O)[nH]2)n1. The summed E-state index contributed by atoms with van der Waals surface area (Å²) in [6, 6.07) is 1.33. The van der Waals surface area contributed by atoms with E-state index in [0.29, 0.717) is 22.8 Å². The molecule has 94 valence electrons. The predicted octanol–water partition coefficient (Wildman–Crippen LogP) is 1.19. The second-order valence-corrected chi connectivity index (χ2v) is 4.38. The summed E-state index contributed by atoms with van der Waals surface area (Å²) in [4.78, 5) is 29.6. The van der Waals surface area contributed by atoms with E-state index in [1.54, 1.807) is 0 Å². The number of H-pyrrole nitrogens is 1. The third kappa shape index (κ3) is 3.41. The average Bonchev–Trinajstić information content (AvgIpc) is 2.28. The van der Waals surface area contributed by atoms with Gasteiger partial charge in [-0.25, -0.2) is 4.98 Å². The summed E-state index contributed by atoms with van der Waals surface area (Å²) in [7, 11) is 0. The standard InChI is InChI=1S/C9H9ClN6OS/c1-2-11-7-14-6(10)15-9(16-7)18-8-12-4-3-5(17)13-8/h3-4H,2H2,1H3,(H,12,13,17)(H,11,14,15,16). The molecule has 0 radical (unpaired) electrons. The number of hydrogen-bond donors (Lipinski definition) is 2. The third-order valence-electron chi connectivity index (χ3n) is 1.76. The highest BCUT2D eigenvalue weighted by Crippen LogP contribution is 2.21. The molecule has 2 aromatic rings. The van der Waals surface area contributed by atoms with Crippen LogP contribution in [0.4, 0.5) is 5.95 Å². The van der Waals surface area contributed by atoms with Crippen LogP contribution in [-0.2, 0) is 0 Å². The zero-order valence-corrected chi connectivity index (χ0v) is 10.9. The topological polar surface area (TPSA) is 96.5 Å². The number of anilines is 1. The molecule has 0 aromatic carbocycles. The summed E-state index contributed by atoms with van der Waals surface area (Å²) in [5.74, 6) is 0.387. The quantitative estimate of drug-likeness (QED) is 0.814. The van der Waals surface area contributed by atoms with Crippen LogP contribution in [0.3, 0.4) is 0 Å². The van der Waals surface area contributed by atoms with Gasteiger partial charge in [-0.3, -0.25) is 4.79 Å².